The Hall–Kier alpha value is -2.89. The third-order valence-electron chi connectivity index (χ3n) is 2.90. The van der Waals surface area contributed by atoms with Crippen LogP contribution in [0.1, 0.15) is 10.4 Å². The third-order valence-corrected chi connectivity index (χ3v) is 2.90. The standard InChI is InChI=1S/C15H13FN2O3/c1-18(11-5-3-2-4-6-11)15(21)17-13-9-10(16)7-8-12(13)14(19)20/h2-9H,1H3,(H,17,21)(H,19,20). The van der Waals surface area contributed by atoms with Gasteiger partial charge in [0.05, 0.1) is 11.3 Å². The molecule has 0 radical (unpaired) electrons. The van der Waals surface area contributed by atoms with Crippen LogP contribution in [0.4, 0.5) is 20.6 Å². The number of nitrogens with one attached hydrogen (secondary N) is 1. The van der Waals surface area contributed by atoms with Gasteiger partial charge in [0, 0.05) is 12.7 Å². The molecule has 2 aromatic carbocycles. The first-order chi connectivity index (χ1) is 9.99. The van der Waals surface area contributed by atoms with E-state index in [9.17, 15) is 14.0 Å². The zero-order valence-corrected chi connectivity index (χ0v) is 11.2. The summed E-state index contributed by atoms with van der Waals surface area (Å²) in [6.07, 6.45) is 0. The van der Waals surface area contributed by atoms with Gasteiger partial charge in [-0.3, -0.25) is 4.90 Å². The summed E-state index contributed by atoms with van der Waals surface area (Å²) >= 11 is 0. The molecule has 108 valence electrons. The zero-order valence-electron chi connectivity index (χ0n) is 11.2. The lowest BCUT2D eigenvalue weighted by molar-refractivity contribution is 0.0698. The Kier molecular flexibility index (Phi) is 4.18. The number of benzene rings is 2. The molecule has 0 fully saturated rings. The number of amides is 2. The van der Waals surface area contributed by atoms with Crippen molar-refractivity contribution in [1.82, 2.24) is 0 Å². The van der Waals surface area contributed by atoms with E-state index in [1.807, 2.05) is 6.07 Å². The number of carbonyl (C=O) groups is 2. The highest BCUT2D eigenvalue weighted by Crippen LogP contribution is 2.19. The number of hydrogen-bond donors (Lipinski definition) is 2. The molecule has 0 atom stereocenters. The van der Waals surface area contributed by atoms with Gasteiger partial charge < -0.3 is 10.4 Å². The molecule has 2 rings (SSSR count). The highest BCUT2D eigenvalue weighted by Gasteiger charge is 2.16. The maximum absolute atomic E-state index is 13.2. The van der Waals surface area contributed by atoms with Crippen molar-refractivity contribution in [2.24, 2.45) is 0 Å². The van der Waals surface area contributed by atoms with Gasteiger partial charge in [-0.25, -0.2) is 14.0 Å². The van der Waals surface area contributed by atoms with E-state index in [2.05, 4.69) is 5.32 Å². The Labute approximate surface area is 120 Å². The van der Waals surface area contributed by atoms with Crippen LogP contribution in [0, 0.1) is 5.82 Å². The fraction of sp³-hybridized carbons (Fsp3) is 0.0667. The SMILES string of the molecule is CN(C(=O)Nc1cc(F)ccc1C(=O)O)c1ccccc1. The lowest BCUT2D eigenvalue weighted by atomic mass is 10.1. The fourth-order valence-electron chi connectivity index (χ4n) is 1.77. The van der Waals surface area contributed by atoms with Crippen LogP contribution in [0.2, 0.25) is 0 Å². The van der Waals surface area contributed by atoms with Gasteiger partial charge in [-0.1, -0.05) is 18.2 Å². The quantitative estimate of drug-likeness (QED) is 0.911. The van der Waals surface area contributed by atoms with Crippen molar-refractivity contribution in [3.63, 3.8) is 0 Å². The first-order valence-electron chi connectivity index (χ1n) is 6.11. The molecule has 6 heteroatoms. The van der Waals surface area contributed by atoms with E-state index in [0.717, 1.165) is 18.2 Å². The Morgan fingerprint density at radius 3 is 2.43 bits per heavy atom. The van der Waals surface area contributed by atoms with E-state index < -0.39 is 17.8 Å². The summed E-state index contributed by atoms with van der Waals surface area (Å²) in [6, 6.07) is 11.3. The number of rotatable bonds is 3. The summed E-state index contributed by atoms with van der Waals surface area (Å²) in [5.41, 5.74) is 0.366. The summed E-state index contributed by atoms with van der Waals surface area (Å²) < 4.78 is 13.2. The monoisotopic (exact) mass is 288 g/mol. The molecule has 0 heterocycles. The molecule has 0 aliphatic carbocycles. The minimum atomic E-state index is -1.24. The van der Waals surface area contributed by atoms with Crippen molar-refractivity contribution in [3.05, 3.63) is 59.9 Å². The first-order valence-corrected chi connectivity index (χ1v) is 6.11. The Morgan fingerprint density at radius 1 is 1.14 bits per heavy atom. The molecule has 0 unspecified atom stereocenters. The van der Waals surface area contributed by atoms with Gasteiger partial charge in [-0.05, 0) is 30.3 Å². The van der Waals surface area contributed by atoms with E-state index in [1.165, 1.54) is 11.9 Å². The number of carboxylic acid groups (broad SMARTS) is 1. The number of aromatic carboxylic acids is 1. The van der Waals surface area contributed by atoms with E-state index >= 15 is 0 Å². The topological polar surface area (TPSA) is 69.6 Å². The molecule has 2 N–H and O–H groups in total. The summed E-state index contributed by atoms with van der Waals surface area (Å²) in [5.74, 6) is -1.87. The number of hydrogen-bond acceptors (Lipinski definition) is 2. The van der Waals surface area contributed by atoms with Crippen LogP contribution in [0.15, 0.2) is 48.5 Å². The molecule has 0 aromatic heterocycles. The summed E-state index contributed by atoms with van der Waals surface area (Å²) in [4.78, 5) is 24.5. The number of carbonyl (C=O) groups excluding carboxylic acids is 1. The maximum atomic E-state index is 13.2. The second kappa shape index (κ2) is 6.04. The molecular formula is C15H13FN2O3. The highest BCUT2D eigenvalue weighted by molar-refractivity contribution is 6.05. The summed E-state index contributed by atoms with van der Waals surface area (Å²) in [5, 5.41) is 11.4. The van der Waals surface area contributed by atoms with Crippen molar-refractivity contribution in [2.45, 2.75) is 0 Å². The van der Waals surface area contributed by atoms with Crippen molar-refractivity contribution in [3.8, 4) is 0 Å². The Bertz CT molecular complexity index is 674. The van der Waals surface area contributed by atoms with E-state index in [4.69, 9.17) is 5.11 Å². The number of para-hydroxylation sites is 1. The van der Waals surface area contributed by atoms with Crippen LogP contribution < -0.4 is 10.2 Å². The maximum Gasteiger partial charge on any atom is 0.337 e. The van der Waals surface area contributed by atoms with Gasteiger partial charge >= 0.3 is 12.0 Å². The van der Waals surface area contributed by atoms with Gasteiger partial charge in [0.15, 0.2) is 0 Å². The minimum Gasteiger partial charge on any atom is -0.478 e. The predicted molar refractivity (Wildman–Crippen MR) is 77.2 cm³/mol. The van der Waals surface area contributed by atoms with Crippen LogP contribution in [-0.2, 0) is 0 Å². The average molecular weight is 288 g/mol. The molecule has 0 saturated carbocycles. The van der Waals surface area contributed by atoms with Gasteiger partial charge in [0.1, 0.15) is 5.82 Å². The van der Waals surface area contributed by atoms with E-state index in [1.54, 1.807) is 24.3 Å². The van der Waals surface area contributed by atoms with Crippen LogP contribution in [0.25, 0.3) is 0 Å². The normalized spacial score (nSPS) is 10.0. The highest BCUT2D eigenvalue weighted by atomic mass is 19.1. The number of anilines is 2. The van der Waals surface area contributed by atoms with Crippen LogP contribution >= 0.6 is 0 Å². The number of urea groups is 1. The van der Waals surface area contributed by atoms with Crippen LogP contribution in [0.3, 0.4) is 0 Å². The van der Waals surface area contributed by atoms with Gasteiger partial charge in [-0.15, -0.1) is 0 Å². The second-order valence-corrected chi connectivity index (χ2v) is 4.32. The Morgan fingerprint density at radius 2 is 1.81 bits per heavy atom. The fourth-order valence-corrected chi connectivity index (χ4v) is 1.77. The Balaban J connectivity index is 2.24. The molecule has 0 bridgehead atoms. The third kappa shape index (κ3) is 3.36. The lowest BCUT2D eigenvalue weighted by Gasteiger charge is -2.18. The van der Waals surface area contributed by atoms with Gasteiger partial charge in [0.25, 0.3) is 0 Å². The molecular weight excluding hydrogens is 275 g/mol. The smallest absolute Gasteiger partial charge is 0.337 e. The van der Waals surface area contributed by atoms with Crippen molar-refractivity contribution in [2.75, 3.05) is 17.3 Å². The van der Waals surface area contributed by atoms with E-state index in [0.29, 0.717) is 5.69 Å². The van der Waals surface area contributed by atoms with Gasteiger partial charge in [-0.2, -0.15) is 0 Å². The number of carboxylic acids is 1. The largest absolute Gasteiger partial charge is 0.478 e. The lowest BCUT2D eigenvalue weighted by Crippen LogP contribution is -2.31. The second-order valence-electron chi connectivity index (χ2n) is 4.32. The predicted octanol–water partition coefficient (Wildman–Crippen LogP) is 3.19. The minimum absolute atomic E-state index is 0.0877. The summed E-state index contributed by atoms with van der Waals surface area (Å²) in [6.45, 7) is 0. The molecule has 0 aliphatic rings. The van der Waals surface area contributed by atoms with Crippen molar-refractivity contribution < 1.29 is 19.1 Å². The average Bonchev–Trinajstić information content (AvgIpc) is 2.47. The summed E-state index contributed by atoms with van der Waals surface area (Å²) in [7, 11) is 1.53. The zero-order chi connectivity index (χ0) is 15.4. The van der Waals surface area contributed by atoms with Crippen molar-refractivity contribution >= 4 is 23.4 Å². The molecule has 2 aromatic rings. The van der Waals surface area contributed by atoms with Crippen LogP contribution in [-0.4, -0.2) is 24.2 Å². The molecule has 0 spiro atoms. The van der Waals surface area contributed by atoms with Gasteiger partial charge in [0.2, 0.25) is 0 Å². The van der Waals surface area contributed by atoms with Crippen molar-refractivity contribution in [1.29, 1.82) is 0 Å². The molecule has 21 heavy (non-hydrogen) atoms. The molecule has 5 nitrogen and oxygen atoms in total. The first kappa shape index (κ1) is 14.5. The molecule has 0 aliphatic heterocycles. The number of halogens is 1. The van der Waals surface area contributed by atoms with E-state index in [-0.39, 0.29) is 11.3 Å². The molecule has 2 amide bonds. The molecule has 0 saturated heterocycles. The van der Waals surface area contributed by atoms with Crippen LogP contribution in [0.5, 0.6) is 0 Å². The number of nitrogens with zero attached hydrogens (tertiary/aromatic N) is 1.